The first kappa shape index (κ1) is 23.5. The van der Waals surface area contributed by atoms with Crippen molar-refractivity contribution in [3.63, 3.8) is 0 Å². The molecule has 0 radical (unpaired) electrons. The van der Waals surface area contributed by atoms with E-state index in [0.29, 0.717) is 11.8 Å². The van der Waals surface area contributed by atoms with Crippen molar-refractivity contribution in [1.82, 2.24) is 15.0 Å². The van der Waals surface area contributed by atoms with Crippen LogP contribution in [0.4, 0.5) is 0 Å². The molecule has 0 spiro atoms. The fourth-order valence-electron chi connectivity index (χ4n) is 5.29. The maximum Gasteiger partial charge on any atom is 0.213 e. The number of carbonyl (C=O) groups excluding carboxylic acids is 1. The summed E-state index contributed by atoms with van der Waals surface area (Å²) in [6, 6.07) is 8.46. The third-order valence-electron chi connectivity index (χ3n) is 7.58. The van der Waals surface area contributed by atoms with E-state index in [2.05, 4.69) is 30.1 Å². The quantitative estimate of drug-likeness (QED) is 0.424. The van der Waals surface area contributed by atoms with Crippen molar-refractivity contribution in [3.8, 4) is 22.9 Å². The number of pyridine rings is 1. The first-order chi connectivity index (χ1) is 16.9. The van der Waals surface area contributed by atoms with Crippen LogP contribution in [0.5, 0.6) is 11.6 Å². The van der Waals surface area contributed by atoms with Crippen molar-refractivity contribution >= 4 is 5.78 Å². The van der Waals surface area contributed by atoms with Gasteiger partial charge >= 0.3 is 0 Å². The van der Waals surface area contributed by atoms with Gasteiger partial charge in [-0.3, -0.25) is 9.78 Å². The zero-order valence-corrected chi connectivity index (χ0v) is 21.2. The second-order valence-corrected chi connectivity index (χ2v) is 10.0. The van der Waals surface area contributed by atoms with E-state index in [1.165, 1.54) is 24.0 Å². The molecule has 6 heteroatoms. The molecular formula is C29H33N3O3. The van der Waals surface area contributed by atoms with Gasteiger partial charge in [-0.15, -0.1) is 0 Å². The summed E-state index contributed by atoms with van der Waals surface area (Å²) in [6.45, 7) is 7.77. The highest BCUT2D eigenvalue weighted by molar-refractivity contribution is 5.79. The Morgan fingerprint density at radius 2 is 1.91 bits per heavy atom. The maximum atomic E-state index is 12.2. The fraction of sp³-hybridized carbons (Fsp3) is 0.448. The molecule has 1 saturated carbocycles. The summed E-state index contributed by atoms with van der Waals surface area (Å²) >= 11 is 0. The Balaban J connectivity index is 1.41. The summed E-state index contributed by atoms with van der Waals surface area (Å²) in [7, 11) is 1.61. The molecule has 0 N–H and O–H groups in total. The maximum absolute atomic E-state index is 12.2. The number of methoxy groups -OCH3 is 1. The van der Waals surface area contributed by atoms with Crippen molar-refractivity contribution in [2.75, 3.05) is 7.11 Å². The molecule has 182 valence electrons. The summed E-state index contributed by atoms with van der Waals surface area (Å²) in [5.41, 5.74) is 6.96. The number of carbonyl (C=O) groups is 1. The zero-order chi connectivity index (χ0) is 24.7. The molecule has 3 atom stereocenters. The number of aromatic nitrogens is 3. The van der Waals surface area contributed by atoms with Gasteiger partial charge in [-0.1, -0.05) is 19.1 Å². The normalized spacial score (nSPS) is 18.8. The average Bonchev–Trinajstić information content (AvgIpc) is 3.69. The summed E-state index contributed by atoms with van der Waals surface area (Å²) < 4.78 is 11.8. The van der Waals surface area contributed by atoms with E-state index in [1.54, 1.807) is 20.2 Å². The fourth-order valence-corrected chi connectivity index (χ4v) is 5.29. The number of Topliss-reactive ketones (excluding diaryl/α,β-unsaturated/α-hetero) is 1. The molecular weight excluding hydrogens is 438 g/mol. The summed E-state index contributed by atoms with van der Waals surface area (Å²) in [4.78, 5) is 26.1. The van der Waals surface area contributed by atoms with E-state index in [-0.39, 0.29) is 23.7 Å². The van der Waals surface area contributed by atoms with Gasteiger partial charge in [0.2, 0.25) is 5.88 Å². The monoisotopic (exact) mass is 471 g/mol. The number of aryl methyl sites for hydroxylation is 3. The lowest BCUT2D eigenvalue weighted by molar-refractivity contribution is -0.121. The highest BCUT2D eigenvalue weighted by atomic mass is 16.5. The topological polar surface area (TPSA) is 74.2 Å². The van der Waals surface area contributed by atoms with Crippen LogP contribution >= 0.6 is 0 Å². The van der Waals surface area contributed by atoms with Crippen LogP contribution in [0.2, 0.25) is 0 Å². The van der Waals surface area contributed by atoms with Crippen LogP contribution in [-0.2, 0) is 11.2 Å². The minimum Gasteiger partial charge on any atom is -0.484 e. The molecule has 1 aromatic carbocycles. The van der Waals surface area contributed by atoms with Crippen molar-refractivity contribution in [1.29, 1.82) is 0 Å². The van der Waals surface area contributed by atoms with Gasteiger partial charge in [0, 0.05) is 23.7 Å². The number of rotatable bonds is 7. The van der Waals surface area contributed by atoms with E-state index in [4.69, 9.17) is 19.4 Å². The van der Waals surface area contributed by atoms with E-state index in [9.17, 15) is 4.79 Å². The molecule has 2 aromatic heterocycles. The van der Waals surface area contributed by atoms with Crippen LogP contribution in [0.25, 0.3) is 11.3 Å². The van der Waals surface area contributed by atoms with Crippen LogP contribution < -0.4 is 9.47 Å². The molecule has 0 amide bonds. The minimum absolute atomic E-state index is 0.0239. The van der Waals surface area contributed by atoms with E-state index < -0.39 is 0 Å². The molecule has 1 aliphatic heterocycles. The molecule has 0 bridgehead atoms. The van der Waals surface area contributed by atoms with Crippen LogP contribution in [0.3, 0.4) is 0 Å². The van der Waals surface area contributed by atoms with Gasteiger partial charge in [-0.05, 0) is 81.0 Å². The Morgan fingerprint density at radius 3 is 2.60 bits per heavy atom. The van der Waals surface area contributed by atoms with Crippen LogP contribution in [0, 0.1) is 25.7 Å². The first-order valence-electron chi connectivity index (χ1n) is 12.5. The lowest BCUT2D eigenvalue weighted by Gasteiger charge is -2.29. The molecule has 3 aromatic rings. The lowest BCUT2D eigenvalue weighted by atomic mass is 9.80. The number of hydrogen-bond donors (Lipinski definition) is 0. The van der Waals surface area contributed by atoms with Gasteiger partial charge in [0.05, 0.1) is 24.7 Å². The predicted molar refractivity (Wildman–Crippen MR) is 135 cm³/mol. The molecule has 6 nitrogen and oxygen atoms in total. The van der Waals surface area contributed by atoms with Crippen LogP contribution in [-0.4, -0.2) is 27.8 Å². The molecule has 1 fully saturated rings. The molecule has 1 aliphatic carbocycles. The Morgan fingerprint density at radius 1 is 1.11 bits per heavy atom. The molecule has 3 heterocycles. The van der Waals surface area contributed by atoms with Gasteiger partial charge < -0.3 is 9.47 Å². The highest BCUT2D eigenvalue weighted by Crippen LogP contribution is 2.48. The summed E-state index contributed by atoms with van der Waals surface area (Å²) in [5.74, 6) is 2.62. The molecule has 1 unspecified atom stereocenters. The number of hydrogen-bond acceptors (Lipinski definition) is 6. The predicted octanol–water partition coefficient (Wildman–Crippen LogP) is 5.95. The SMILES string of the molecule is COc1cc(-c2cnc(C3CCc4ccc([C@H](C5CC5)[C@H](C)C(C)=O)cc4O3)c(C)n2)c(C)cn1. The second kappa shape index (κ2) is 9.40. The lowest BCUT2D eigenvalue weighted by Crippen LogP contribution is -2.21. The number of nitrogens with zero attached hydrogens (tertiary/aromatic N) is 3. The minimum atomic E-state index is -0.142. The standard InChI is InChI=1S/C29H33N3O3/c1-16-14-30-27(34-5)13-23(16)24-15-31-29(18(3)32-24)25-11-10-20-6-9-22(12-26(20)35-25)28(21-7-8-21)17(2)19(4)33/h6,9,12-15,17,21,25,28H,7-8,10-11H2,1-5H3/t17-,25?,28+/m1/s1. The van der Waals surface area contributed by atoms with E-state index in [0.717, 1.165) is 46.8 Å². The van der Waals surface area contributed by atoms with Gasteiger partial charge in [-0.25, -0.2) is 9.97 Å². The smallest absolute Gasteiger partial charge is 0.213 e. The zero-order valence-electron chi connectivity index (χ0n) is 21.2. The van der Waals surface area contributed by atoms with Crippen molar-refractivity contribution < 1.29 is 14.3 Å². The summed E-state index contributed by atoms with van der Waals surface area (Å²) in [5, 5.41) is 0. The molecule has 0 saturated heterocycles. The molecule has 5 rings (SSSR count). The van der Waals surface area contributed by atoms with E-state index >= 15 is 0 Å². The number of ketones is 1. The Bertz CT molecular complexity index is 1270. The number of ether oxygens (including phenoxy) is 2. The Labute approximate surface area is 207 Å². The number of benzene rings is 1. The van der Waals surface area contributed by atoms with Crippen molar-refractivity contribution in [2.45, 2.75) is 65.4 Å². The molecule has 35 heavy (non-hydrogen) atoms. The van der Waals surface area contributed by atoms with Crippen LogP contribution in [0.1, 0.15) is 73.2 Å². The third kappa shape index (κ3) is 4.66. The summed E-state index contributed by atoms with van der Waals surface area (Å²) in [6.07, 6.45) is 7.66. The Kier molecular flexibility index (Phi) is 6.30. The Hall–Kier alpha value is -3.28. The molecule has 2 aliphatic rings. The van der Waals surface area contributed by atoms with Gasteiger partial charge in [-0.2, -0.15) is 0 Å². The third-order valence-corrected chi connectivity index (χ3v) is 7.58. The highest BCUT2D eigenvalue weighted by Gasteiger charge is 2.38. The van der Waals surface area contributed by atoms with Gasteiger partial charge in [0.15, 0.2) is 0 Å². The average molecular weight is 472 g/mol. The number of fused-ring (bicyclic) bond motifs is 1. The van der Waals surface area contributed by atoms with Crippen molar-refractivity contribution in [2.24, 2.45) is 11.8 Å². The second-order valence-electron chi connectivity index (χ2n) is 10.0. The van der Waals surface area contributed by atoms with Gasteiger partial charge in [0.1, 0.15) is 23.3 Å². The van der Waals surface area contributed by atoms with Gasteiger partial charge in [0.25, 0.3) is 0 Å². The largest absolute Gasteiger partial charge is 0.484 e. The van der Waals surface area contributed by atoms with Crippen LogP contribution in [0.15, 0.2) is 36.7 Å². The van der Waals surface area contributed by atoms with Crippen molar-refractivity contribution in [3.05, 3.63) is 64.7 Å². The van der Waals surface area contributed by atoms with E-state index in [1.807, 2.05) is 26.1 Å². The first-order valence-corrected chi connectivity index (χ1v) is 12.5.